The molecule has 0 radical (unpaired) electrons. The first-order valence-corrected chi connectivity index (χ1v) is 5.23. The van der Waals surface area contributed by atoms with Gasteiger partial charge in [-0.25, -0.2) is 0 Å². The van der Waals surface area contributed by atoms with Gasteiger partial charge in [0.05, 0.1) is 25.4 Å². The van der Waals surface area contributed by atoms with Crippen LogP contribution >= 0.6 is 0 Å². The number of nitrogens with one attached hydrogen (secondary N) is 1. The van der Waals surface area contributed by atoms with E-state index in [1.54, 1.807) is 0 Å². The summed E-state index contributed by atoms with van der Waals surface area (Å²) < 4.78 is 11.2. The molecule has 2 aliphatic heterocycles. The zero-order valence-corrected chi connectivity index (χ0v) is 8.45. The van der Waals surface area contributed by atoms with Gasteiger partial charge >= 0.3 is 0 Å². The van der Waals surface area contributed by atoms with Crippen LogP contribution in [-0.2, 0) is 9.47 Å². The third-order valence-electron chi connectivity index (χ3n) is 3.02. The van der Waals surface area contributed by atoms with Gasteiger partial charge in [0, 0.05) is 12.6 Å². The van der Waals surface area contributed by atoms with Crippen LogP contribution in [0, 0.1) is 5.92 Å². The summed E-state index contributed by atoms with van der Waals surface area (Å²) in [5, 5.41) is 3.60. The highest BCUT2D eigenvalue weighted by atomic mass is 16.5. The Morgan fingerprint density at radius 1 is 1.31 bits per heavy atom. The van der Waals surface area contributed by atoms with E-state index in [9.17, 15) is 0 Å². The lowest BCUT2D eigenvalue weighted by Crippen LogP contribution is -2.59. The van der Waals surface area contributed by atoms with Gasteiger partial charge in [0.15, 0.2) is 0 Å². The molecule has 2 heterocycles. The van der Waals surface area contributed by atoms with Crippen LogP contribution in [0.1, 0.15) is 20.3 Å². The van der Waals surface area contributed by atoms with Crippen molar-refractivity contribution < 1.29 is 9.47 Å². The van der Waals surface area contributed by atoms with Gasteiger partial charge < -0.3 is 14.8 Å². The molecule has 13 heavy (non-hydrogen) atoms. The molecule has 2 fully saturated rings. The van der Waals surface area contributed by atoms with Gasteiger partial charge in [0.1, 0.15) is 0 Å². The van der Waals surface area contributed by atoms with Crippen LogP contribution in [0.3, 0.4) is 0 Å². The highest BCUT2D eigenvalue weighted by molar-refractivity contribution is 4.89. The largest absolute Gasteiger partial charge is 0.380 e. The van der Waals surface area contributed by atoms with Gasteiger partial charge in [-0.2, -0.15) is 0 Å². The molecule has 3 heteroatoms. The van der Waals surface area contributed by atoms with E-state index in [2.05, 4.69) is 19.2 Å². The molecule has 1 N–H and O–H groups in total. The Hall–Kier alpha value is -0.120. The van der Waals surface area contributed by atoms with Crippen LogP contribution in [0.5, 0.6) is 0 Å². The van der Waals surface area contributed by atoms with Crippen LogP contribution in [0.15, 0.2) is 0 Å². The zero-order valence-electron chi connectivity index (χ0n) is 8.45. The minimum absolute atomic E-state index is 0.392. The average molecular weight is 185 g/mol. The molecule has 0 aromatic heterocycles. The number of morpholine rings is 1. The van der Waals surface area contributed by atoms with Crippen LogP contribution in [0.4, 0.5) is 0 Å². The molecule has 0 amide bonds. The maximum Gasteiger partial charge on any atom is 0.0773 e. The summed E-state index contributed by atoms with van der Waals surface area (Å²) in [5.74, 6) is 0.642. The lowest BCUT2D eigenvalue weighted by molar-refractivity contribution is -0.0985. The van der Waals surface area contributed by atoms with E-state index in [0.717, 1.165) is 26.2 Å². The van der Waals surface area contributed by atoms with E-state index in [1.807, 2.05) is 0 Å². The molecule has 2 rings (SSSR count). The Bertz CT molecular complexity index is 172. The highest BCUT2D eigenvalue weighted by Crippen LogP contribution is 2.19. The Morgan fingerprint density at radius 3 is 2.92 bits per heavy atom. The summed E-state index contributed by atoms with van der Waals surface area (Å²) in [6, 6.07) is 0.929. The van der Waals surface area contributed by atoms with Gasteiger partial charge in [-0.05, 0) is 12.3 Å². The molecule has 2 saturated heterocycles. The van der Waals surface area contributed by atoms with Crippen molar-refractivity contribution in [3.63, 3.8) is 0 Å². The van der Waals surface area contributed by atoms with Gasteiger partial charge in [0.25, 0.3) is 0 Å². The SMILES string of the molecule is CC(C)C1COC2CCOCC2N1. The molecule has 76 valence electrons. The van der Waals surface area contributed by atoms with Gasteiger partial charge in [0.2, 0.25) is 0 Å². The molecular weight excluding hydrogens is 166 g/mol. The Balaban J connectivity index is 1.91. The van der Waals surface area contributed by atoms with Crippen molar-refractivity contribution in [2.24, 2.45) is 5.92 Å². The molecule has 3 nitrogen and oxygen atoms in total. The van der Waals surface area contributed by atoms with E-state index in [1.165, 1.54) is 0 Å². The minimum atomic E-state index is 0.392. The molecule has 0 aliphatic carbocycles. The Labute approximate surface area is 79.8 Å². The summed E-state index contributed by atoms with van der Waals surface area (Å²) in [6.45, 7) is 6.98. The Kier molecular flexibility index (Phi) is 2.86. The topological polar surface area (TPSA) is 30.5 Å². The third kappa shape index (κ3) is 2.03. The van der Waals surface area contributed by atoms with Crippen molar-refractivity contribution in [2.45, 2.75) is 38.5 Å². The smallest absolute Gasteiger partial charge is 0.0773 e. The van der Waals surface area contributed by atoms with Gasteiger partial charge in [-0.3, -0.25) is 0 Å². The fraction of sp³-hybridized carbons (Fsp3) is 1.00. The van der Waals surface area contributed by atoms with Crippen LogP contribution in [-0.4, -0.2) is 38.0 Å². The quantitative estimate of drug-likeness (QED) is 0.655. The van der Waals surface area contributed by atoms with E-state index in [-0.39, 0.29) is 0 Å². The number of hydrogen-bond donors (Lipinski definition) is 1. The summed E-state index contributed by atoms with van der Waals surface area (Å²) in [7, 11) is 0. The second-order valence-corrected chi connectivity index (χ2v) is 4.36. The zero-order chi connectivity index (χ0) is 9.26. The first kappa shape index (κ1) is 9.44. The molecule has 0 spiro atoms. The molecule has 2 aliphatic rings. The van der Waals surface area contributed by atoms with Crippen LogP contribution in [0.25, 0.3) is 0 Å². The Morgan fingerprint density at radius 2 is 2.15 bits per heavy atom. The lowest BCUT2D eigenvalue weighted by Gasteiger charge is -2.41. The predicted molar refractivity (Wildman–Crippen MR) is 50.7 cm³/mol. The van der Waals surface area contributed by atoms with Crippen LogP contribution < -0.4 is 5.32 Å². The van der Waals surface area contributed by atoms with Crippen LogP contribution in [0.2, 0.25) is 0 Å². The maximum absolute atomic E-state index is 5.81. The van der Waals surface area contributed by atoms with Crippen molar-refractivity contribution >= 4 is 0 Å². The molecule has 0 bridgehead atoms. The second-order valence-electron chi connectivity index (χ2n) is 4.36. The normalized spacial score (nSPS) is 40.4. The number of fused-ring (bicyclic) bond motifs is 1. The standard InChI is InChI=1S/C10H19NO2/c1-7(2)8-6-13-10-3-4-12-5-9(10)11-8/h7-11H,3-6H2,1-2H3. The molecule has 0 aromatic rings. The molecule has 0 aromatic carbocycles. The van der Waals surface area contributed by atoms with Crippen molar-refractivity contribution in [3.05, 3.63) is 0 Å². The monoisotopic (exact) mass is 185 g/mol. The van der Waals surface area contributed by atoms with E-state index in [4.69, 9.17) is 9.47 Å². The number of ether oxygens (including phenoxy) is 2. The van der Waals surface area contributed by atoms with Crippen molar-refractivity contribution in [1.82, 2.24) is 5.32 Å². The number of hydrogen-bond acceptors (Lipinski definition) is 3. The van der Waals surface area contributed by atoms with Crippen molar-refractivity contribution in [1.29, 1.82) is 0 Å². The van der Waals surface area contributed by atoms with Gasteiger partial charge in [-0.15, -0.1) is 0 Å². The van der Waals surface area contributed by atoms with E-state index in [0.29, 0.717) is 24.1 Å². The van der Waals surface area contributed by atoms with Crippen molar-refractivity contribution in [3.8, 4) is 0 Å². The predicted octanol–water partition coefficient (Wildman–Crippen LogP) is 0.788. The molecule has 3 unspecified atom stereocenters. The highest BCUT2D eigenvalue weighted by Gasteiger charge is 2.33. The summed E-state index contributed by atoms with van der Waals surface area (Å²) in [5.41, 5.74) is 0. The average Bonchev–Trinajstić information content (AvgIpc) is 2.17. The van der Waals surface area contributed by atoms with E-state index < -0.39 is 0 Å². The first-order chi connectivity index (χ1) is 6.27. The van der Waals surface area contributed by atoms with E-state index >= 15 is 0 Å². The summed E-state index contributed by atoms with van der Waals surface area (Å²) in [4.78, 5) is 0. The second kappa shape index (κ2) is 3.95. The molecule has 3 atom stereocenters. The first-order valence-electron chi connectivity index (χ1n) is 5.23. The number of rotatable bonds is 1. The summed E-state index contributed by atoms with van der Waals surface area (Å²) >= 11 is 0. The molecular formula is C10H19NO2. The minimum Gasteiger partial charge on any atom is -0.380 e. The fourth-order valence-corrected chi connectivity index (χ4v) is 2.01. The molecule has 0 saturated carbocycles. The third-order valence-corrected chi connectivity index (χ3v) is 3.02. The summed E-state index contributed by atoms with van der Waals surface area (Å²) in [6.07, 6.45) is 1.44. The van der Waals surface area contributed by atoms with Crippen molar-refractivity contribution in [2.75, 3.05) is 19.8 Å². The fourth-order valence-electron chi connectivity index (χ4n) is 2.01. The maximum atomic E-state index is 5.81. The van der Waals surface area contributed by atoms with Gasteiger partial charge in [-0.1, -0.05) is 13.8 Å². The lowest BCUT2D eigenvalue weighted by atomic mass is 9.98.